The van der Waals surface area contributed by atoms with Gasteiger partial charge in [-0.2, -0.15) is 13.2 Å². The van der Waals surface area contributed by atoms with Crippen molar-refractivity contribution < 1.29 is 22.4 Å². The molecule has 122 valence electrons. The number of halogens is 4. The van der Waals surface area contributed by atoms with E-state index in [0.717, 1.165) is 12.1 Å². The third kappa shape index (κ3) is 4.63. The summed E-state index contributed by atoms with van der Waals surface area (Å²) in [5.74, 6) is -1.69. The number of anilines is 1. The average molecular weight is 328 g/mol. The maximum Gasteiger partial charge on any atom is 0.391 e. The Labute approximate surface area is 128 Å². The lowest BCUT2D eigenvalue weighted by Gasteiger charge is -2.20. The quantitative estimate of drug-likeness (QED) is 0.846. The number of alkyl halides is 3. The molecule has 2 aromatic rings. The van der Waals surface area contributed by atoms with Gasteiger partial charge in [-0.1, -0.05) is 12.1 Å². The molecule has 0 radical (unpaired) electrons. The van der Waals surface area contributed by atoms with Gasteiger partial charge in [0.1, 0.15) is 5.82 Å². The number of nitrogen functional groups attached to an aromatic ring is 1. The van der Waals surface area contributed by atoms with Crippen LogP contribution in [-0.4, -0.2) is 22.1 Å². The summed E-state index contributed by atoms with van der Waals surface area (Å²) in [6, 6.07) is 2.98. The van der Waals surface area contributed by atoms with Gasteiger partial charge in [0.15, 0.2) is 11.5 Å². The van der Waals surface area contributed by atoms with Crippen molar-refractivity contribution in [3.05, 3.63) is 53.7 Å². The van der Waals surface area contributed by atoms with Crippen LogP contribution >= 0.6 is 0 Å². The van der Waals surface area contributed by atoms with E-state index in [4.69, 9.17) is 5.73 Å². The smallest absolute Gasteiger partial charge is 0.382 e. The fourth-order valence-corrected chi connectivity index (χ4v) is 1.93. The van der Waals surface area contributed by atoms with E-state index >= 15 is 0 Å². The van der Waals surface area contributed by atoms with Crippen LogP contribution in [0.25, 0.3) is 0 Å². The first-order valence-corrected chi connectivity index (χ1v) is 6.46. The van der Waals surface area contributed by atoms with Gasteiger partial charge in [0, 0.05) is 12.4 Å². The molecule has 3 N–H and O–H groups in total. The van der Waals surface area contributed by atoms with E-state index in [1.54, 1.807) is 0 Å². The lowest BCUT2D eigenvalue weighted by molar-refractivity contribution is -0.139. The topological polar surface area (TPSA) is 80.9 Å². The number of aromatic nitrogens is 2. The molecule has 23 heavy (non-hydrogen) atoms. The van der Waals surface area contributed by atoms with Crippen LogP contribution < -0.4 is 11.1 Å². The summed E-state index contributed by atoms with van der Waals surface area (Å²) in [5.41, 5.74) is 5.31. The Morgan fingerprint density at radius 3 is 2.35 bits per heavy atom. The molecular formula is C14H12F4N4O. The Bertz CT molecular complexity index is 688. The number of rotatable bonds is 4. The zero-order valence-corrected chi connectivity index (χ0v) is 11.6. The molecule has 0 bridgehead atoms. The first kappa shape index (κ1) is 16.7. The minimum atomic E-state index is -4.53. The zero-order chi connectivity index (χ0) is 17.0. The van der Waals surface area contributed by atoms with Crippen molar-refractivity contribution in [3.8, 4) is 0 Å². The summed E-state index contributed by atoms with van der Waals surface area (Å²) in [4.78, 5) is 19.4. The summed E-state index contributed by atoms with van der Waals surface area (Å²) in [7, 11) is 0. The number of carbonyl (C=O) groups is 1. The molecule has 1 amide bonds. The molecule has 0 saturated heterocycles. The SMILES string of the molecule is Nc1nccnc1C(=O)N[C@H](CC(F)(F)F)c1ccc(F)cc1. The Morgan fingerprint density at radius 2 is 1.78 bits per heavy atom. The van der Waals surface area contributed by atoms with Crippen LogP contribution in [0.5, 0.6) is 0 Å². The number of hydrogen-bond acceptors (Lipinski definition) is 4. The highest BCUT2D eigenvalue weighted by Gasteiger charge is 2.34. The fourth-order valence-electron chi connectivity index (χ4n) is 1.93. The third-order valence-electron chi connectivity index (χ3n) is 2.95. The molecular weight excluding hydrogens is 316 g/mol. The summed E-state index contributed by atoms with van der Waals surface area (Å²) in [6.45, 7) is 0. The average Bonchev–Trinajstić information content (AvgIpc) is 2.46. The van der Waals surface area contributed by atoms with Crippen molar-refractivity contribution in [2.75, 3.05) is 5.73 Å². The highest BCUT2D eigenvalue weighted by atomic mass is 19.4. The Morgan fingerprint density at radius 1 is 1.17 bits per heavy atom. The zero-order valence-electron chi connectivity index (χ0n) is 11.6. The van der Waals surface area contributed by atoms with E-state index in [2.05, 4.69) is 15.3 Å². The van der Waals surface area contributed by atoms with E-state index in [9.17, 15) is 22.4 Å². The highest BCUT2D eigenvalue weighted by molar-refractivity contribution is 5.96. The molecule has 2 rings (SSSR count). The lowest BCUT2D eigenvalue weighted by Crippen LogP contribution is -2.33. The van der Waals surface area contributed by atoms with E-state index in [-0.39, 0.29) is 17.1 Å². The number of nitrogens with two attached hydrogens (primary N) is 1. The summed E-state index contributed by atoms with van der Waals surface area (Å²) in [5, 5.41) is 2.20. The largest absolute Gasteiger partial charge is 0.391 e. The van der Waals surface area contributed by atoms with Crippen molar-refractivity contribution in [1.82, 2.24) is 15.3 Å². The Kier molecular flexibility index (Phi) is 4.77. The van der Waals surface area contributed by atoms with Crippen LogP contribution in [-0.2, 0) is 0 Å². The van der Waals surface area contributed by atoms with Crippen LogP contribution in [0.3, 0.4) is 0 Å². The molecule has 1 aromatic carbocycles. The molecule has 1 heterocycles. The molecule has 1 aromatic heterocycles. The number of benzene rings is 1. The Hall–Kier alpha value is -2.71. The minimum absolute atomic E-state index is 0.111. The van der Waals surface area contributed by atoms with Gasteiger partial charge >= 0.3 is 6.18 Å². The number of nitrogens with one attached hydrogen (secondary N) is 1. The van der Waals surface area contributed by atoms with Crippen LogP contribution in [0.2, 0.25) is 0 Å². The second kappa shape index (κ2) is 6.59. The molecule has 1 atom stereocenters. The van der Waals surface area contributed by atoms with Crippen LogP contribution in [0, 0.1) is 5.82 Å². The molecule has 0 unspecified atom stereocenters. The van der Waals surface area contributed by atoms with E-state index < -0.39 is 30.4 Å². The third-order valence-corrected chi connectivity index (χ3v) is 2.95. The van der Waals surface area contributed by atoms with E-state index in [1.807, 2.05) is 0 Å². The summed E-state index contributed by atoms with van der Waals surface area (Å²) >= 11 is 0. The first-order chi connectivity index (χ1) is 10.8. The molecule has 0 saturated carbocycles. The number of nitrogens with zero attached hydrogens (tertiary/aromatic N) is 2. The van der Waals surface area contributed by atoms with Crippen molar-refractivity contribution in [1.29, 1.82) is 0 Å². The lowest BCUT2D eigenvalue weighted by atomic mass is 10.0. The van der Waals surface area contributed by atoms with Gasteiger partial charge in [-0.05, 0) is 17.7 Å². The highest BCUT2D eigenvalue weighted by Crippen LogP contribution is 2.30. The second-order valence-electron chi connectivity index (χ2n) is 4.69. The van der Waals surface area contributed by atoms with Gasteiger partial charge in [0.2, 0.25) is 0 Å². The van der Waals surface area contributed by atoms with E-state index in [1.165, 1.54) is 24.5 Å². The number of carbonyl (C=O) groups excluding carboxylic acids is 1. The maximum absolute atomic E-state index is 12.9. The molecule has 0 spiro atoms. The molecule has 0 aliphatic carbocycles. The summed E-state index contributed by atoms with van der Waals surface area (Å²) in [6.07, 6.45) is -3.40. The fraction of sp³-hybridized carbons (Fsp3) is 0.214. The van der Waals surface area contributed by atoms with Crippen molar-refractivity contribution >= 4 is 11.7 Å². The van der Waals surface area contributed by atoms with E-state index in [0.29, 0.717) is 0 Å². The second-order valence-corrected chi connectivity index (χ2v) is 4.69. The standard InChI is InChI=1S/C14H12F4N4O/c15-9-3-1-8(2-4-9)10(7-14(16,17)18)22-13(23)11-12(19)21-6-5-20-11/h1-6,10H,7H2,(H2,19,21)(H,22,23)/t10-/m1/s1. The van der Waals surface area contributed by atoms with Crippen molar-refractivity contribution in [2.24, 2.45) is 0 Å². The minimum Gasteiger partial charge on any atom is -0.382 e. The van der Waals surface area contributed by atoms with Crippen LogP contribution in [0.4, 0.5) is 23.4 Å². The molecule has 0 fully saturated rings. The normalized spacial score (nSPS) is 12.7. The van der Waals surface area contributed by atoms with Crippen LogP contribution in [0.1, 0.15) is 28.5 Å². The molecule has 0 aliphatic rings. The van der Waals surface area contributed by atoms with Gasteiger partial charge in [0.25, 0.3) is 5.91 Å². The molecule has 0 aliphatic heterocycles. The monoisotopic (exact) mass is 328 g/mol. The predicted octanol–water partition coefficient (Wildman–Crippen LogP) is 2.62. The molecule has 9 heteroatoms. The predicted molar refractivity (Wildman–Crippen MR) is 73.7 cm³/mol. The van der Waals surface area contributed by atoms with Crippen LogP contribution in [0.15, 0.2) is 36.7 Å². The number of amides is 1. The first-order valence-electron chi connectivity index (χ1n) is 6.46. The Balaban J connectivity index is 2.26. The molecule has 5 nitrogen and oxygen atoms in total. The van der Waals surface area contributed by atoms with Gasteiger partial charge in [-0.3, -0.25) is 4.79 Å². The van der Waals surface area contributed by atoms with Gasteiger partial charge in [-0.25, -0.2) is 14.4 Å². The van der Waals surface area contributed by atoms with Gasteiger partial charge in [-0.15, -0.1) is 0 Å². The van der Waals surface area contributed by atoms with Crippen molar-refractivity contribution in [3.63, 3.8) is 0 Å². The van der Waals surface area contributed by atoms with Gasteiger partial charge < -0.3 is 11.1 Å². The maximum atomic E-state index is 12.9. The number of hydrogen-bond donors (Lipinski definition) is 2. The van der Waals surface area contributed by atoms with Crippen molar-refractivity contribution in [2.45, 2.75) is 18.6 Å². The summed E-state index contributed by atoms with van der Waals surface area (Å²) < 4.78 is 51.1. The van der Waals surface area contributed by atoms with Gasteiger partial charge in [0.05, 0.1) is 12.5 Å².